The third-order valence-corrected chi connectivity index (χ3v) is 5.03. The summed E-state index contributed by atoms with van der Waals surface area (Å²) in [6.07, 6.45) is 1.65. The van der Waals surface area contributed by atoms with Crippen molar-refractivity contribution in [3.8, 4) is 0 Å². The lowest BCUT2D eigenvalue weighted by Crippen LogP contribution is -2.13. The lowest BCUT2D eigenvalue weighted by atomic mass is 10.1. The average Bonchev–Trinajstić information content (AvgIpc) is 2.50. The van der Waals surface area contributed by atoms with E-state index in [0.29, 0.717) is 11.2 Å². The molecular weight excluding hydrogens is 296 g/mol. The van der Waals surface area contributed by atoms with Crippen LogP contribution in [0.4, 0.5) is 5.69 Å². The van der Waals surface area contributed by atoms with Crippen LogP contribution >= 0.6 is 0 Å². The highest BCUT2D eigenvalue weighted by Gasteiger charge is 2.16. The maximum Gasteiger partial charge on any atom is 0.261 e. The van der Waals surface area contributed by atoms with Crippen molar-refractivity contribution in [2.24, 2.45) is 0 Å². The molecule has 0 aliphatic heterocycles. The van der Waals surface area contributed by atoms with Crippen LogP contribution in [0.2, 0.25) is 0 Å². The summed E-state index contributed by atoms with van der Waals surface area (Å²) in [6.45, 7) is 3.85. The number of sulfonamides is 1. The highest BCUT2D eigenvalue weighted by molar-refractivity contribution is 7.92. The van der Waals surface area contributed by atoms with Crippen LogP contribution < -0.4 is 4.72 Å². The molecule has 0 spiro atoms. The first-order valence-electron chi connectivity index (χ1n) is 6.91. The predicted octanol–water partition coefficient (Wildman–Crippen LogP) is 3.65. The summed E-state index contributed by atoms with van der Waals surface area (Å²) in [5.74, 6) is 0. The number of aryl methyl sites for hydroxylation is 2. The molecule has 22 heavy (non-hydrogen) atoms. The van der Waals surface area contributed by atoms with Crippen LogP contribution in [0.15, 0.2) is 59.6 Å². The highest BCUT2D eigenvalue weighted by Crippen LogP contribution is 2.24. The first-order valence-corrected chi connectivity index (χ1v) is 8.39. The second-order valence-corrected chi connectivity index (χ2v) is 6.91. The molecule has 1 N–H and O–H groups in total. The van der Waals surface area contributed by atoms with Gasteiger partial charge in [0.25, 0.3) is 10.0 Å². The summed E-state index contributed by atoms with van der Waals surface area (Å²) in [5.41, 5.74) is 3.12. The van der Waals surface area contributed by atoms with Gasteiger partial charge in [0, 0.05) is 11.6 Å². The first kappa shape index (κ1) is 14.5. The molecule has 1 heterocycles. The van der Waals surface area contributed by atoms with Gasteiger partial charge in [-0.1, -0.05) is 24.3 Å². The van der Waals surface area contributed by atoms with E-state index >= 15 is 0 Å². The zero-order valence-electron chi connectivity index (χ0n) is 12.4. The Morgan fingerprint density at radius 1 is 0.955 bits per heavy atom. The second-order valence-electron chi connectivity index (χ2n) is 5.23. The Bertz CT molecular complexity index is 945. The van der Waals surface area contributed by atoms with Gasteiger partial charge in [-0.05, 0) is 49.2 Å². The zero-order chi connectivity index (χ0) is 15.7. The SMILES string of the molecule is Cc1ccc(S(=O)(=O)Nc2cccc3cccnc23)cc1C. The molecule has 0 amide bonds. The van der Waals surface area contributed by atoms with Gasteiger partial charge < -0.3 is 0 Å². The largest absolute Gasteiger partial charge is 0.277 e. The normalized spacial score (nSPS) is 11.5. The summed E-state index contributed by atoms with van der Waals surface area (Å²) in [6, 6.07) is 14.2. The molecular formula is C17H16N2O2S. The van der Waals surface area contributed by atoms with Crippen molar-refractivity contribution in [1.82, 2.24) is 4.98 Å². The quantitative estimate of drug-likeness (QED) is 0.803. The highest BCUT2D eigenvalue weighted by atomic mass is 32.2. The molecule has 0 unspecified atom stereocenters. The maximum atomic E-state index is 12.6. The number of hydrogen-bond donors (Lipinski definition) is 1. The molecule has 0 atom stereocenters. The smallest absolute Gasteiger partial charge is 0.261 e. The van der Waals surface area contributed by atoms with E-state index in [2.05, 4.69) is 9.71 Å². The Labute approximate surface area is 129 Å². The number of pyridine rings is 1. The molecule has 0 radical (unpaired) electrons. The first-order chi connectivity index (χ1) is 10.5. The Morgan fingerprint density at radius 2 is 1.73 bits per heavy atom. The maximum absolute atomic E-state index is 12.6. The number of nitrogens with zero attached hydrogens (tertiary/aromatic N) is 1. The minimum absolute atomic E-state index is 0.253. The van der Waals surface area contributed by atoms with Crippen molar-refractivity contribution in [2.75, 3.05) is 4.72 Å². The molecule has 0 fully saturated rings. The summed E-state index contributed by atoms with van der Waals surface area (Å²) in [7, 11) is -3.63. The molecule has 1 aromatic heterocycles. The molecule has 2 aromatic carbocycles. The van der Waals surface area contributed by atoms with Gasteiger partial charge in [0.2, 0.25) is 0 Å². The molecule has 112 valence electrons. The minimum atomic E-state index is -3.63. The van der Waals surface area contributed by atoms with E-state index in [4.69, 9.17) is 0 Å². The molecule has 0 bridgehead atoms. The fourth-order valence-corrected chi connectivity index (χ4v) is 3.42. The van der Waals surface area contributed by atoms with E-state index in [-0.39, 0.29) is 4.90 Å². The molecule has 0 saturated carbocycles. The standard InChI is InChI=1S/C17H16N2O2S/c1-12-8-9-15(11-13(12)2)22(20,21)19-16-7-3-5-14-6-4-10-18-17(14)16/h3-11,19H,1-2H3. The number of para-hydroxylation sites is 1. The lowest BCUT2D eigenvalue weighted by Gasteiger charge is -2.11. The van der Waals surface area contributed by atoms with Crippen LogP contribution in [0, 0.1) is 13.8 Å². The van der Waals surface area contributed by atoms with Crippen molar-refractivity contribution in [3.63, 3.8) is 0 Å². The molecule has 4 nitrogen and oxygen atoms in total. The van der Waals surface area contributed by atoms with Crippen molar-refractivity contribution >= 4 is 26.6 Å². The van der Waals surface area contributed by atoms with Gasteiger partial charge in [-0.2, -0.15) is 0 Å². The summed E-state index contributed by atoms with van der Waals surface area (Å²) < 4.78 is 27.8. The van der Waals surface area contributed by atoms with Crippen LogP contribution in [0.3, 0.4) is 0 Å². The van der Waals surface area contributed by atoms with Gasteiger partial charge in [-0.3, -0.25) is 9.71 Å². The zero-order valence-corrected chi connectivity index (χ0v) is 13.2. The van der Waals surface area contributed by atoms with Gasteiger partial charge in [0.1, 0.15) is 0 Å². The van der Waals surface area contributed by atoms with E-state index in [1.807, 2.05) is 44.2 Å². The lowest BCUT2D eigenvalue weighted by molar-refractivity contribution is 0.601. The third kappa shape index (κ3) is 2.67. The van der Waals surface area contributed by atoms with Crippen molar-refractivity contribution < 1.29 is 8.42 Å². The third-order valence-electron chi connectivity index (χ3n) is 3.67. The van der Waals surface area contributed by atoms with E-state index in [9.17, 15) is 8.42 Å². The van der Waals surface area contributed by atoms with E-state index in [1.54, 1.807) is 24.4 Å². The van der Waals surface area contributed by atoms with Crippen molar-refractivity contribution in [3.05, 3.63) is 65.9 Å². The fourth-order valence-electron chi connectivity index (χ4n) is 2.27. The summed E-state index contributed by atoms with van der Waals surface area (Å²) in [5, 5.41) is 0.891. The van der Waals surface area contributed by atoms with E-state index in [0.717, 1.165) is 16.5 Å². The number of benzene rings is 2. The Kier molecular flexibility index (Phi) is 3.58. The van der Waals surface area contributed by atoms with E-state index < -0.39 is 10.0 Å². The van der Waals surface area contributed by atoms with Gasteiger partial charge >= 0.3 is 0 Å². The van der Waals surface area contributed by atoms with Crippen LogP contribution in [-0.2, 0) is 10.0 Å². The number of nitrogens with one attached hydrogen (secondary N) is 1. The van der Waals surface area contributed by atoms with Gasteiger partial charge in [-0.25, -0.2) is 8.42 Å². The average molecular weight is 312 g/mol. The van der Waals surface area contributed by atoms with Crippen molar-refractivity contribution in [1.29, 1.82) is 0 Å². The summed E-state index contributed by atoms with van der Waals surface area (Å²) >= 11 is 0. The van der Waals surface area contributed by atoms with Gasteiger partial charge in [0.15, 0.2) is 0 Å². The molecule has 0 saturated heterocycles. The summed E-state index contributed by atoms with van der Waals surface area (Å²) in [4.78, 5) is 4.52. The molecule has 3 aromatic rings. The molecule has 5 heteroatoms. The molecule has 0 aliphatic rings. The van der Waals surface area contributed by atoms with Crippen LogP contribution in [-0.4, -0.2) is 13.4 Å². The van der Waals surface area contributed by atoms with Gasteiger partial charge in [-0.15, -0.1) is 0 Å². The Morgan fingerprint density at radius 3 is 2.50 bits per heavy atom. The molecule has 0 aliphatic carbocycles. The number of rotatable bonds is 3. The van der Waals surface area contributed by atoms with Gasteiger partial charge in [0.05, 0.1) is 16.1 Å². The monoisotopic (exact) mass is 312 g/mol. The number of anilines is 1. The number of aromatic nitrogens is 1. The van der Waals surface area contributed by atoms with Crippen LogP contribution in [0.5, 0.6) is 0 Å². The Balaban J connectivity index is 2.05. The van der Waals surface area contributed by atoms with Crippen LogP contribution in [0.25, 0.3) is 10.9 Å². The Hall–Kier alpha value is -2.40. The van der Waals surface area contributed by atoms with Crippen LogP contribution in [0.1, 0.15) is 11.1 Å². The van der Waals surface area contributed by atoms with E-state index in [1.165, 1.54) is 0 Å². The number of hydrogen-bond acceptors (Lipinski definition) is 3. The fraction of sp³-hybridized carbons (Fsp3) is 0.118. The second kappa shape index (κ2) is 5.42. The predicted molar refractivity (Wildman–Crippen MR) is 88.5 cm³/mol. The molecule has 3 rings (SSSR count). The minimum Gasteiger partial charge on any atom is -0.277 e. The topological polar surface area (TPSA) is 59.1 Å². The van der Waals surface area contributed by atoms with Crippen molar-refractivity contribution in [2.45, 2.75) is 18.7 Å². The number of fused-ring (bicyclic) bond motifs is 1.